The zero-order chi connectivity index (χ0) is 17.6. The predicted molar refractivity (Wildman–Crippen MR) is 107 cm³/mol. The van der Waals surface area contributed by atoms with Gasteiger partial charge in [0, 0.05) is 26.9 Å². The number of aryl methyl sites for hydroxylation is 1. The summed E-state index contributed by atoms with van der Waals surface area (Å²) in [4.78, 5) is 13.5. The highest BCUT2D eigenvalue weighted by molar-refractivity contribution is 7.98. The maximum Gasteiger partial charge on any atom is 0.255 e. The van der Waals surface area contributed by atoms with Crippen molar-refractivity contribution in [2.24, 2.45) is 0 Å². The van der Waals surface area contributed by atoms with Gasteiger partial charge in [-0.3, -0.25) is 4.79 Å². The lowest BCUT2D eigenvalue weighted by molar-refractivity contribution is 0.102. The molecule has 25 heavy (non-hydrogen) atoms. The third-order valence-corrected chi connectivity index (χ3v) is 5.16. The molecule has 0 spiro atoms. The van der Waals surface area contributed by atoms with E-state index in [0.717, 1.165) is 22.0 Å². The van der Waals surface area contributed by atoms with Crippen molar-refractivity contribution in [2.45, 2.75) is 17.6 Å². The maximum absolute atomic E-state index is 12.4. The van der Waals surface area contributed by atoms with Crippen LogP contribution in [0.2, 0.25) is 5.02 Å². The summed E-state index contributed by atoms with van der Waals surface area (Å²) in [6.07, 6.45) is 0. The van der Waals surface area contributed by atoms with Crippen LogP contribution in [0.25, 0.3) is 0 Å². The summed E-state index contributed by atoms with van der Waals surface area (Å²) in [6.45, 7) is 1.98. The lowest BCUT2D eigenvalue weighted by Crippen LogP contribution is -2.12. The van der Waals surface area contributed by atoms with Crippen molar-refractivity contribution in [1.29, 1.82) is 0 Å². The molecule has 0 atom stereocenters. The number of hydrogen-bond donors (Lipinski definition) is 1. The Balaban J connectivity index is 1.60. The van der Waals surface area contributed by atoms with Gasteiger partial charge < -0.3 is 5.32 Å². The molecule has 0 unspecified atom stereocenters. The molecule has 0 aromatic heterocycles. The Bertz CT molecular complexity index is 860. The number of nitrogens with one attached hydrogen (secondary N) is 1. The number of benzene rings is 3. The van der Waals surface area contributed by atoms with Crippen molar-refractivity contribution in [1.82, 2.24) is 0 Å². The van der Waals surface area contributed by atoms with E-state index >= 15 is 0 Å². The van der Waals surface area contributed by atoms with Gasteiger partial charge in [-0.25, -0.2) is 0 Å². The molecule has 0 radical (unpaired) electrons. The number of carbonyl (C=O) groups excluding carboxylic acids is 1. The van der Waals surface area contributed by atoms with E-state index in [1.807, 2.05) is 79.7 Å². The lowest BCUT2D eigenvalue weighted by Gasteiger charge is -2.08. The number of anilines is 1. The monoisotopic (exact) mass is 367 g/mol. The van der Waals surface area contributed by atoms with Crippen LogP contribution in [0, 0.1) is 6.92 Å². The van der Waals surface area contributed by atoms with Crippen LogP contribution in [0.4, 0.5) is 5.69 Å². The quantitative estimate of drug-likeness (QED) is 0.544. The number of thioether (sulfide) groups is 1. The Labute approximate surface area is 157 Å². The third-order valence-electron chi connectivity index (χ3n) is 3.83. The number of hydrogen-bond acceptors (Lipinski definition) is 2. The van der Waals surface area contributed by atoms with E-state index in [-0.39, 0.29) is 5.91 Å². The first-order chi connectivity index (χ1) is 12.1. The van der Waals surface area contributed by atoms with E-state index in [9.17, 15) is 4.79 Å². The van der Waals surface area contributed by atoms with Crippen molar-refractivity contribution >= 4 is 35.0 Å². The average molecular weight is 368 g/mol. The number of para-hydroxylation sites is 1. The summed E-state index contributed by atoms with van der Waals surface area (Å²) in [5.74, 6) is 0.757. The molecule has 3 aromatic carbocycles. The Kier molecular flexibility index (Phi) is 5.79. The number of amides is 1. The van der Waals surface area contributed by atoms with E-state index < -0.39 is 0 Å². The lowest BCUT2D eigenvalue weighted by atomic mass is 10.1. The highest BCUT2D eigenvalue weighted by Gasteiger charge is 2.07. The van der Waals surface area contributed by atoms with Crippen LogP contribution in [-0.4, -0.2) is 5.91 Å². The molecular weight excluding hydrogens is 350 g/mol. The van der Waals surface area contributed by atoms with E-state index in [4.69, 9.17) is 11.6 Å². The molecule has 4 heteroatoms. The summed E-state index contributed by atoms with van der Waals surface area (Å²) >= 11 is 7.64. The molecule has 1 amide bonds. The van der Waals surface area contributed by atoms with Gasteiger partial charge in [0.2, 0.25) is 0 Å². The first-order valence-corrected chi connectivity index (χ1v) is 9.32. The van der Waals surface area contributed by atoms with E-state index in [1.54, 1.807) is 11.8 Å². The zero-order valence-corrected chi connectivity index (χ0v) is 15.4. The predicted octanol–water partition coefficient (Wildman–Crippen LogP) is 6.19. The van der Waals surface area contributed by atoms with E-state index in [1.165, 1.54) is 10.5 Å². The van der Waals surface area contributed by atoms with Gasteiger partial charge in [-0.1, -0.05) is 41.9 Å². The Morgan fingerprint density at radius 3 is 2.32 bits per heavy atom. The van der Waals surface area contributed by atoms with Crippen LogP contribution in [0.15, 0.2) is 77.7 Å². The SMILES string of the molecule is Cc1ccccc1NC(=O)c1ccc(CSc2ccc(Cl)cc2)cc1. The van der Waals surface area contributed by atoms with Gasteiger partial charge in [0.15, 0.2) is 0 Å². The van der Waals surface area contributed by atoms with Crippen LogP contribution in [0.1, 0.15) is 21.5 Å². The third kappa shape index (κ3) is 4.88. The summed E-state index contributed by atoms with van der Waals surface area (Å²) in [6, 6.07) is 23.3. The molecule has 3 rings (SSSR count). The Hall–Kier alpha value is -2.23. The van der Waals surface area contributed by atoms with Gasteiger partial charge in [-0.2, -0.15) is 0 Å². The second kappa shape index (κ2) is 8.24. The molecule has 0 aliphatic heterocycles. The van der Waals surface area contributed by atoms with Crippen molar-refractivity contribution in [3.63, 3.8) is 0 Å². The summed E-state index contributed by atoms with van der Waals surface area (Å²) in [5, 5.41) is 3.70. The molecule has 2 nitrogen and oxygen atoms in total. The molecule has 0 aliphatic carbocycles. The van der Waals surface area contributed by atoms with Crippen molar-refractivity contribution in [3.8, 4) is 0 Å². The summed E-state index contributed by atoms with van der Waals surface area (Å²) < 4.78 is 0. The molecule has 0 bridgehead atoms. The van der Waals surface area contributed by atoms with Gasteiger partial charge in [0.05, 0.1) is 0 Å². The Morgan fingerprint density at radius 2 is 1.64 bits per heavy atom. The largest absolute Gasteiger partial charge is 0.322 e. The highest BCUT2D eigenvalue weighted by atomic mass is 35.5. The van der Waals surface area contributed by atoms with Crippen LogP contribution in [-0.2, 0) is 5.75 Å². The topological polar surface area (TPSA) is 29.1 Å². The Morgan fingerprint density at radius 1 is 0.960 bits per heavy atom. The first kappa shape index (κ1) is 17.6. The minimum atomic E-state index is -0.0915. The summed E-state index contributed by atoms with van der Waals surface area (Å²) in [7, 11) is 0. The minimum absolute atomic E-state index is 0.0915. The molecule has 0 saturated carbocycles. The van der Waals surface area contributed by atoms with Crippen molar-refractivity contribution in [2.75, 3.05) is 5.32 Å². The molecule has 126 valence electrons. The van der Waals surface area contributed by atoms with Gasteiger partial charge in [0.1, 0.15) is 0 Å². The minimum Gasteiger partial charge on any atom is -0.322 e. The molecular formula is C21H18ClNOS. The van der Waals surface area contributed by atoms with Gasteiger partial charge in [0.25, 0.3) is 5.91 Å². The molecule has 1 N–H and O–H groups in total. The molecule has 0 fully saturated rings. The van der Waals surface area contributed by atoms with Crippen LogP contribution < -0.4 is 5.32 Å². The van der Waals surface area contributed by atoms with Crippen LogP contribution in [0.3, 0.4) is 0 Å². The van der Waals surface area contributed by atoms with Crippen LogP contribution in [0.5, 0.6) is 0 Å². The number of rotatable bonds is 5. The molecule has 0 aliphatic rings. The fourth-order valence-corrected chi connectivity index (χ4v) is 3.34. The second-order valence-electron chi connectivity index (χ2n) is 5.71. The van der Waals surface area contributed by atoms with E-state index in [2.05, 4.69) is 5.32 Å². The normalized spacial score (nSPS) is 10.5. The molecule has 0 saturated heterocycles. The fourth-order valence-electron chi connectivity index (χ4n) is 2.36. The van der Waals surface area contributed by atoms with Crippen LogP contribution >= 0.6 is 23.4 Å². The second-order valence-corrected chi connectivity index (χ2v) is 7.19. The highest BCUT2D eigenvalue weighted by Crippen LogP contribution is 2.24. The van der Waals surface area contributed by atoms with Crippen molar-refractivity contribution in [3.05, 3.63) is 94.5 Å². The molecule has 0 heterocycles. The average Bonchev–Trinajstić information content (AvgIpc) is 2.63. The molecule has 3 aromatic rings. The van der Waals surface area contributed by atoms with E-state index in [0.29, 0.717) is 5.56 Å². The first-order valence-electron chi connectivity index (χ1n) is 7.96. The van der Waals surface area contributed by atoms with Gasteiger partial charge >= 0.3 is 0 Å². The smallest absolute Gasteiger partial charge is 0.255 e. The maximum atomic E-state index is 12.4. The number of halogens is 1. The number of carbonyl (C=O) groups is 1. The summed E-state index contributed by atoms with van der Waals surface area (Å²) in [5.41, 5.74) is 3.72. The van der Waals surface area contributed by atoms with Gasteiger partial charge in [-0.15, -0.1) is 11.8 Å². The zero-order valence-electron chi connectivity index (χ0n) is 13.8. The fraction of sp³-hybridized carbons (Fsp3) is 0.0952. The van der Waals surface area contributed by atoms with Gasteiger partial charge in [-0.05, 0) is 60.5 Å². The standard InChI is InChI=1S/C21H18ClNOS/c1-15-4-2-3-5-20(15)23-21(24)17-8-6-16(7-9-17)14-25-19-12-10-18(22)11-13-19/h2-13H,14H2,1H3,(H,23,24). The van der Waals surface area contributed by atoms with Crippen molar-refractivity contribution < 1.29 is 4.79 Å².